The Hall–Kier alpha value is -0.220. The maximum Gasteiger partial charge on any atom is 0.475 e. The van der Waals surface area contributed by atoms with E-state index < -0.39 is 13.4 Å². The molecule has 1 rings (SSSR count). The van der Waals surface area contributed by atoms with Crippen molar-refractivity contribution in [2.75, 3.05) is 13.2 Å². The standard InChI is InChI=1S/C15H29O5P/c1-5-11-18-21(17,19-12-6-2)20-15(9-10-15)8-7-14(16)13(3)4/h13H,5-12H2,1-4H3. The zero-order chi connectivity index (χ0) is 15.9. The molecule has 1 saturated carbocycles. The molecule has 1 fully saturated rings. The van der Waals surface area contributed by atoms with Gasteiger partial charge in [-0.2, -0.15) is 0 Å². The van der Waals surface area contributed by atoms with Gasteiger partial charge >= 0.3 is 7.82 Å². The van der Waals surface area contributed by atoms with Crippen molar-refractivity contribution < 1.29 is 22.9 Å². The van der Waals surface area contributed by atoms with Crippen molar-refractivity contribution in [2.45, 2.75) is 71.8 Å². The van der Waals surface area contributed by atoms with E-state index in [-0.39, 0.29) is 11.7 Å². The Balaban J connectivity index is 2.56. The molecule has 5 nitrogen and oxygen atoms in total. The van der Waals surface area contributed by atoms with E-state index >= 15 is 0 Å². The van der Waals surface area contributed by atoms with Crippen LogP contribution in [0.15, 0.2) is 0 Å². The smallest absolute Gasteiger partial charge is 0.299 e. The molecule has 0 N–H and O–H groups in total. The SMILES string of the molecule is CCCOP(=O)(OCCC)OC1(CCC(=O)C(C)C)CC1. The lowest BCUT2D eigenvalue weighted by Gasteiger charge is -2.23. The van der Waals surface area contributed by atoms with Crippen molar-refractivity contribution in [1.82, 2.24) is 0 Å². The lowest BCUT2D eigenvalue weighted by Crippen LogP contribution is -2.18. The van der Waals surface area contributed by atoms with Gasteiger partial charge in [0.05, 0.1) is 18.8 Å². The molecule has 0 amide bonds. The first kappa shape index (κ1) is 18.8. The summed E-state index contributed by atoms with van der Waals surface area (Å²) in [5, 5.41) is 0. The number of rotatable bonds is 12. The zero-order valence-corrected chi connectivity index (χ0v) is 14.6. The number of carbonyl (C=O) groups is 1. The predicted molar refractivity (Wildman–Crippen MR) is 82.2 cm³/mol. The molecule has 1 aliphatic rings. The molecule has 0 heterocycles. The average molecular weight is 320 g/mol. The summed E-state index contributed by atoms with van der Waals surface area (Å²) in [4.78, 5) is 11.7. The van der Waals surface area contributed by atoms with Gasteiger partial charge in [0.1, 0.15) is 5.78 Å². The van der Waals surface area contributed by atoms with Gasteiger partial charge in [0.15, 0.2) is 0 Å². The summed E-state index contributed by atoms with van der Waals surface area (Å²) in [7, 11) is -3.51. The molecule has 0 spiro atoms. The van der Waals surface area contributed by atoms with E-state index in [1.54, 1.807) is 0 Å². The highest BCUT2D eigenvalue weighted by atomic mass is 31.2. The van der Waals surface area contributed by atoms with Crippen LogP contribution < -0.4 is 0 Å². The molecule has 1 aliphatic carbocycles. The fourth-order valence-corrected chi connectivity index (χ4v) is 3.64. The number of hydrogen-bond donors (Lipinski definition) is 0. The first-order valence-electron chi connectivity index (χ1n) is 7.99. The molecule has 0 aromatic heterocycles. The summed E-state index contributed by atoms with van der Waals surface area (Å²) in [6.07, 6.45) is 4.18. The molecule has 0 radical (unpaired) electrons. The normalized spacial score (nSPS) is 17.2. The molecule has 0 atom stereocenters. The lowest BCUT2D eigenvalue weighted by molar-refractivity contribution is -0.122. The molecule has 6 heteroatoms. The second kappa shape index (κ2) is 8.42. The van der Waals surface area contributed by atoms with Gasteiger partial charge in [-0.15, -0.1) is 0 Å². The largest absolute Gasteiger partial charge is 0.475 e. The second-order valence-corrected chi connectivity index (χ2v) is 7.60. The van der Waals surface area contributed by atoms with Crippen LogP contribution in [0.25, 0.3) is 0 Å². The van der Waals surface area contributed by atoms with Crippen LogP contribution in [-0.4, -0.2) is 24.6 Å². The van der Waals surface area contributed by atoms with E-state index in [9.17, 15) is 9.36 Å². The molecule has 0 aromatic rings. The first-order valence-corrected chi connectivity index (χ1v) is 9.45. The molecule has 0 unspecified atom stereocenters. The molecule has 124 valence electrons. The Bertz CT molecular complexity index is 364. The summed E-state index contributed by atoms with van der Waals surface area (Å²) >= 11 is 0. The van der Waals surface area contributed by atoms with Gasteiger partial charge in [-0.3, -0.25) is 18.4 Å². The Labute approximate surface area is 128 Å². The average Bonchev–Trinajstić information content (AvgIpc) is 3.20. The fourth-order valence-electron chi connectivity index (χ4n) is 1.90. The summed E-state index contributed by atoms with van der Waals surface area (Å²) in [5.74, 6) is 0.240. The first-order chi connectivity index (χ1) is 9.86. The number of hydrogen-bond acceptors (Lipinski definition) is 5. The Morgan fingerprint density at radius 3 is 2.05 bits per heavy atom. The lowest BCUT2D eigenvalue weighted by atomic mass is 10.0. The minimum Gasteiger partial charge on any atom is -0.299 e. The van der Waals surface area contributed by atoms with E-state index in [2.05, 4.69) is 0 Å². The molecule has 0 aromatic carbocycles. The van der Waals surface area contributed by atoms with Gasteiger partial charge in [0.2, 0.25) is 0 Å². The molecular weight excluding hydrogens is 291 g/mol. The van der Waals surface area contributed by atoms with Crippen LogP contribution in [0.4, 0.5) is 0 Å². The third-order valence-electron chi connectivity index (χ3n) is 3.49. The minimum absolute atomic E-state index is 0.0280. The Morgan fingerprint density at radius 2 is 1.67 bits per heavy atom. The van der Waals surface area contributed by atoms with Crippen molar-refractivity contribution in [3.63, 3.8) is 0 Å². The summed E-state index contributed by atoms with van der Waals surface area (Å²) < 4.78 is 29.0. The fraction of sp³-hybridized carbons (Fsp3) is 0.933. The van der Waals surface area contributed by atoms with E-state index in [1.165, 1.54) is 0 Å². The molecule has 0 aliphatic heterocycles. The van der Waals surface area contributed by atoms with Crippen molar-refractivity contribution in [2.24, 2.45) is 5.92 Å². The number of ketones is 1. The van der Waals surface area contributed by atoms with Crippen molar-refractivity contribution in [3.05, 3.63) is 0 Å². The number of carbonyl (C=O) groups excluding carboxylic acids is 1. The van der Waals surface area contributed by atoms with Crippen molar-refractivity contribution in [3.8, 4) is 0 Å². The summed E-state index contributed by atoms with van der Waals surface area (Å²) in [5.41, 5.74) is -0.485. The topological polar surface area (TPSA) is 61.8 Å². The second-order valence-electron chi connectivity index (χ2n) is 6.01. The van der Waals surface area contributed by atoms with Crippen LogP contribution in [0, 0.1) is 5.92 Å². The number of phosphoric ester groups is 1. The van der Waals surface area contributed by atoms with Gasteiger partial charge < -0.3 is 0 Å². The summed E-state index contributed by atoms with van der Waals surface area (Å²) in [6, 6.07) is 0. The van der Waals surface area contributed by atoms with E-state index in [0.717, 1.165) is 25.7 Å². The monoisotopic (exact) mass is 320 g/mol. The van der Waals surface area contributed by atoms with Crippen LogP contribution >= 0.6 is 7.82 Å². The third kappa shape index (κ3) is 6.60. The van der Waals surface area contributed by atoms with Gasteiger partial charge in [-0.1, -0.05) is 27.7 Å². The van der Waals surface area contributed by atoms with E-state index in [1.807, 2.05) is 27.7 Å². The Kier molecular flexibility index (Phi) is 7.55. The molecule has 0 saturated heterocycles. The number of Topliss-reactive ketones (excluding diaryl/α,β-unsaturated/α-hetero) is 1. The third-order valence-corrected chi connectivity index (χ3v) is 5.10. The number of phosphoric acid groups is 1. The highest BCUT2D eigenvalue weighted by Gasteiger charge is 2.50. The highest BCUT2D eigenvalue weighted by Crippen LogP contribution is 2.60. The van der Waals surface area contributed by atoms with Crippen LogP contribution in [0.1, 0.15) is 66.2 Å². The summed E-state index contributed by atoms with van der Waals surface area (Å²) in [6.45, 7) is 8.37. The maximum absolute atomic E-state index is 12.6. The van der Waals surface area contributed by atoms with E-state index in [0.29, 0.717) is 26.1 Å². The van der Waals surface area contributed by atoms with Crippen LogP contribution in [0.3, 0.4) is 0 Å². The van der Waals surface area contributed by atoms with Crippen molar-refractivity contribution >= 4 is 13.6 Å². The molecule has 21 heavy (non-hydrogen) atoms. The van der Waals surface area contributed by atoms with Crippen LogP contribution in [0.2, 0.25) is 0 Å². The molecular formula is C15H29O5P. The molecule has 0 bridgehead atoms. The minimum atomic E-state index is -3.51. The van der Waals surface area contributed by atoms with E-state index in [4.69, 9.17) is 13.6 Å². The predicted octanol–water partition coefficient (Wildman–Crippen LogP) is 4.50. The Morgan fingerprint density at radius 1 is 1.14 bits per heavy atom. The highest BCUT2D eigenvalue weighted by molar-refractivity contribution is 7.48. The van der Waals surface area contributed by atoms with Gasteiger partial charge in [-0.25, -0.2) is 4.57 Å². The van der Waals surface area contributed by atoms with Gasteiger partial charge in [0.25, 0.3) is 0 Å². The van der Waals surface area contributed by atoms with Crippen LogP contribution in [-0.2, 0) is 22.9 Å². The van der Waals surface area contributed by atoms with Crippen molar-refractivity contribution in [1.29, 1.82) is 0 Å². The van der Waals surface area contributed by atoms with Crippen LogP contribution in [0.5, 0.6) is 0 Å². The maximum atomic E-state index is 12.6. The zero-order valence-electron chi connectivity index (χ0n) is 13.7. The van der Waals surface area contributed by atoms with Gasteiger partial charge in [-0.05, 0) is 32.1 Å². The van der Waals surface area contributed by atoms with Gasteiger partial charge in [0, 0.05) is 12.3 Å². The quantitative estimate of drug-likeness (QED) is 0.495.